The Labute approximate surface area is 202 Å². The molecule has 0 radical (unpaired) electrons. The van der Waals surface area contributed by atoms with Crippen molar-refractivity contribution in [2.24, 2.45) is 4.99 Å². The predicted octanol–water partition coefficient (Wildman–Crippen LogP) is 2.15. The molecule has 2 unspecified atom stereocenters. The number of benzene rings is 1. The molecular weight excluding hydrogens is 531 g/mol. The van der Waals surface area contributed by atoms with Crippen LogP contribution in [0.1, 0.15) is 44.2 Å². The minimum atomic E-state index is -3.00. The van der Waals surface area contributed by atoms with Gasteiger partial charge < -0.3 is 20.7 Å². The van der Waals surface area contributed by atoms with Gasteiger partial charge in [0.2, 0.25) is 5.91 Å². The van der Waals surface area contributed by atoms with E-state index in [1.807, 2.05) is 32.0 Å². The quantitative estimate of drug-likeness (QED) is 0.240. The minimum absolute atomic E-state index is 0. The Kier molecular flexibility index (Phi) is 11.6. The molecule has 0 bridgehead atoms. The van der Waals surface area contributed by atoms with Crippen LogP contribution in [0.15, 0.2) is 23.2 Å². The second-order valence-electron chi connectivity index (χ2n) is 7.72. The molecule has 10 heteroatoms. The molecule has 2 atom stereocenters. The fraction of sp³-hybridized carbons (Fsp3) is 0.619. The van der Waals surface area contributed by atoms with Crippen LogP contribution in [-0.4, -0.2) is 57.5 Å². The highest BCUT2D eigenvalue weighted by Crippen LogP contribution is 2.22. The number of carbonyl (C=O) groups is 1. The normalized spacial score (nSPS) is 18.6. The van der Waals surface area contributed by atoms with Gasteiger partial charge in [0.15, 0.2) is 15.8 Å². The zero-order chi connectivity index (χ0) is 22.1. The maximum Gasteiger partial charge on any atom is 0.222 e. The Hall–Kier alpha value is -1.56. The molecule has 31 heavy (non-hydrogen) atoms. The van der Waals surface area contributed by atoms with Crippen molar-refractivity contribution in [2.45, 2.75) is 58.7 Å². The van der Waals surface area contributed by atoms with E-state index in [4.69, 9.17) is 4.74 Å². The third kappa shape index (κ3) is 9.63. The van der Waals surface area contributed by atoms with Crippen molar-refractivity contribution < 1.29 is 17.9 Å². The molecule has 0 aromatic heterocycles. The molecule has 1 aromatic rings. The summed E-state index contributed by atoms with van der Waals surface area (Å²) >= 11 is 0. The molecule has 8 nitrogen and oxygen atoms in total. The number of amides is 1. The van der Waals surface area contributed by atoms with E-state index in [9.17, 15) is 13.2 Å². The van der Waals surface area contributed by atoms with E-state index in [0.29, 0.717) is 25.5 Å². The van der Waals surface area contributed by atoms with Crippen molar-refractivity contribution in [1.29, 1.82) is 0 Å². The first-order valence-electron chi connectivity index (χ1n) is 10.4. The number of carbonyl (C=O) groups excluding carboxylic acids is 1. The Morgan fingerprint density at radius 3 is 2.68 bits per heavy atom. The number of hydrogen-bond acceptors (Lipinski definition) is 5. The van der Waals surface area contributed by atoms with Crippen LogP contribution in [0.3, 0.4) is 0 Å². The fourth-order valence-corrected chi connectivity index (χ4v) is 4.79. The lowest BCUT2D eigenvalue weighted by atomic mass is 10.1. The second-order valence-corrected chi connectivity index (χ2v) is 9.95. The molecule has 1 amide bonds. The third-order valence-electron chi connectivity index (χ3n) is 5.04. The van der Waals surface area contributed by atoms with E-state index in [0.717, 1.165) is 23.3 Å². The summed E-state index contributed by atoms with van der Waals surface area (Å²) in [6.45, 7) is 7.11. The number of aryl methyl sites for hydroxylation is 1. The topological polar surface area (TPSA) is 109 Å². The number of aliphatic imine (C=N–C) groups is 1. The largest absolute Gasteiger partial charge is 0.490 e. The second kappa shape index (κ2) is 13.1. The lowest BCUT2D eigenvalue weighted by Gasteiger charge is -2.18. The Morgan fingerprint density at radius 1 is 1.32 bits per heavy atom. The molecule has 2 rings (SSSR count). The third-order valence-corrected chi connectivity index (χ3v) is 6.81. The smallest absolute Gasteiger partial charge is 0.222 e. The predicted molar refractivity (Wildman–Crippen MR) is 135 cm³/mol. The molecule has 1 saturated heterocycles. The molecule has 0 spiro atoms. The summed E-state index contributed by atoms with van der Waals surface area (Å²) in [6.07, 6.45) is 1.79. The average molecular weight is 567 g/mol. The van der Waals surface area contributed by atoms with Gasteiger partial charge in [0, 0.05) is 38.2 Å². The molecule has 1 aromatic carbocycles. The number of rotatable bonds is 9. The maximum atomic E-state index is 12.0. The van der Waals surface area contributed by atoms with E-state index in [1.165, 1.54) is 0 Å². The van der Waals surface area contributed by atoms with Crippen LogP contribution >= 0.6 is 24.0 Å². The first kappa shape index (κ1) is 27.5. The van der Waals surface area contributed by atoms with Gasteiger partial charge in [0.05, 0.1) is 17.6 Å². The van der Waals surface area contributed by atoms with Crippen molar-refractivity contribution in [3.63, 3.8) is 0 Å². The van der Waals surface area contributed by atoms with Gasteiger partial charge >= 0.3 is 0 Å². The Morgan fingerprint density at radius 2 is 2.06 bits per heavy atom. The molecule has 1 fully saturated rings. The summed E-state index contributed by atoms with van der Waals surface area (Å²) in [5, 5.41) is 9.14. The van der Waals surface area contributed by atoms with Gasteiger partial charge in [-0.25, -0.2) is 8.42 Å². The number of nitrogens with one attached hydrogen (secondary N) is 3. The van der Waals surface area contributed by atoms with E-state index in [1.54, 1.807) is 7.05 Å². The number of nitrogens with zero attached hydrogens (tertiary/aromatic N) is 1. The van der Waals surface area contributed by atoms with E-state index < -0.39 is 9.84 Å². The van der Waals surface area contributed by atoms with Crippen molar-refractivity contribution in [3.8, 4) is 5.75 Å². The van der Waals surface area contributed by atoms with E-state index >= 15 is 0 Å². The number of ether oxygens (including phenoxy) is 1. The van der Waals surface area contributed by atoms with Crippen molar-refractivity contribution in [2.75, 3.05) is 25.1 Å². The highest BCUT2D eigenvalue weighted by Gasteiger charge is 2.28. The first-order valence-corrected chi connectivity index (χ1v) is 12.2. The molecule has 176 valence electrons. The zero-order valence-electron chi connectivity index (χ0n) is 18.7. The maximum absolute atomic E-state index is 12.0. The molecule has 1 aliphatic heterocycles. The number of guanidine groups is 1. The van der Waals surface area contributed by atoms with Crippen molar-refractivity contribution in [1.82, 2.24) is 16.0 Å². The highest BCUT2D eigenvalue weighted by molar-refractivity contribution is 14.0. The fourth-order valence-electron chi connectivity index (χ4n) is 3.12. The summed E-state index contributed by atoms with van der Waals surface area (Å²) in [5.74, 6) is 1.46. The molecule has 0 aliphatic carbocycles. The minimum Gasteiger partial charge on any atom is -0.490 e. The lowest BCUT2D eigenvalue weighted by molar-refractivity contribution is -0.121. The van der Waals surface area contributed by atoms with Crippen LogP contribution in [0.2, 0.25) is 0 Å². The number of hydrogen-bond donors (Lipinski definition) is 3. The van der Waals surface area contributed by atoms with Crippen molar-refractivity contribution >= 4 is 45.7 Å². The SMILES string of the molecule is CCC(C)Oc1cc(C)ccc1CNC(=NC)NCCC(=O)NC1CCS(=O)(=O)C1.I. The van der Waals surface area contributed by atoms with Crippen LogP contribution in [-0.2, 0) is 21.2 Å². The molecule has 1 heterocycles. The molecule has 3 N–H and O–H groups in total. The van der Waals surface area contributed by atoms with Crippen LogP contribution in [0.25, 0.3) is 0 Å². The van der Waals surface area contributed by atoms with Crippen LogP contribution < -0.4 is 20.7 Å². The highest BCUT2D eigenvalue weighted by atomic mass is 127. The van der Waals surface area contributed by atoms with E-state index in [-0.39, 0.29) is 60.0 Å². The molecular formula is C21H35IN4O4S. The standard InChI is InChI=1S/C21H34N4O4S.HI/c1-5-16(3)29-19-12-15(2)6-7-17(19)13-24-21(22-4)23-10-8-20(26)25-18-9-11-30(27,28)14-18;/h6-7,12,16,18H,5,8-11,13-14H2,1-4H3,(H,25,26)(H2,22,23,24);1H. The number of sulfone groups is 1. The average Bonchev–Trinajstić information content (AvgIpc) is 3.03. The summed E-state index contributed by atoms with van der Waals surface area (Å²) in [7, 11) is -1.33. The summed E-state index contributed by atoms with van der Waals surface area (Å²) < 4.78 is 29.0. The van der Waals surface area contributed by atoms with E-state index in [2.05, 4.69) is 27.9 Å². The Balaban J connectivity index is 0.00000480. The summed E-state index contributed by atoms with van der Waals surface area (Å²) in [6, 6.07) is 5.85. The Bertz CT molecular complexity index is 861. The van der Waals surface area contributed by atoms with Crippen molar-refractivity contribution in [3.05, 3.63) is 29.3 Å². The zero-order valence-corrected chi connectivity index (χ0v) is 21.9. The monoisotopic (exact) mass is 566 g/mol. The lowest BCUT2D eigenvalue weighted by Crippen LogP contribution is -2.41. The van der Waals surface area contributed by atoms with Gasteiger partial charge in [-0.15, -0.1) is 24.0 Å². The molecule has 1 aliphatic rings. The number of halogens is 1. The van der Waals surface area contributed by atoms with Gasteiger partial charge in [0.1, 0.15) is 5.75 Å². The van der Waals surface area contributed by atoms with Crippen LogP contribution in [0.4, 0.5) is 0 Å². The van der Waals surface area contributed by atoms with Gasteiger partial charge in [-0.1, -0.05) is 19.1 Å². The van der Waals surface area contributed by atoms with Crippen LogP contribution in [0.5, 0.6) is 5.75 Å². The van der Waals surface area contributed by atoms with Gasteiger partial charge in [-0.2, -0.15) is 0 Å². The summed E-state index contributed by atoms with van der Waals surface area (Å²) in [4.78, 5) is 16.2. The van der Waals surface area contributed by atoms with Crippen LogP contribution in [0, 0.1) is 6.92 Å². The molecule has 0 saturated carbocycles. The summed E-state index contributed by atoms with van der Waals surface area (Å²) in [5.41, 5.74) is 2.17. The van der Waals surface area contributed by atoms with Gasteiger partial charge in [-0.3, -0.25) is 9.79 Å². The van der Waals surface area contributed by atoms with Gasteiger partial charge in [-0.05, 0) is 38.3 Å². The van der Waals surface area contributed by atoms with Gasteiger partial charge in [0.25, 0.3) is 0 Å². The first-order chi connectivity index (χ1) is 14.2.